The van der Waals surface area contributed by atoms with Crippen molar-refractivity contribution in [1.29, 1.82) is 0 Å². The number of nitrogens with zero attached hydrogens (tertiary/aromatic N) is 1. The largest absolute Gasteiger partial charge is 0.497 e. The normalized spacial score (nSPS) is 10.9. The molecular formula is C17H29ClIN3O2. The van der Waals surface area contributed by atoms with E-state index in [1.165, 1.54) is 0 Å². The molecule has 1 rings (SSSR count). The van der Waals surface area contributed by atoms with Crippen LogP contribution in [0.25, 0.3) is 0 Å². The third kappa shape index (κ3) is 9.54. The Bertz CT molecular complexity index is 487. The fourth-order valence-corrected chi connectivity index (χ4v) is 2.41. The van der Waals surface area contributed by atoms with E-state index in [-0.39, 0.29) is 24.0 Å². The van der Waals surface area contributed by atoms with Gasteiger partial charge in [0.15, 0.2) is 5.96 Å². The maximum atomic E-state index is 6.24. The zero-order valence-electron chi connectivity index (χ0n) is 14.7. The molecule has 0 fully saturated rings. The van der Waals surface area contributed by atoms with Crippen LogP contribution in [-0.2, 0) is 11.2 Å². The van der Waals surface area contributed by atoms with Crippen LogP contribution < -0.4 is 15.4 Å². The van der Waals surface area contributed by atoms with Gasteiger partial charge >= 0.3 is 0 Å². The molecule has 0 aliphatic rings. The average Bonchev–Trinajstić information content (AvgIpc) is 2.57. The number of hydrogen-bond donors (Lipinski definition) is 2. The van der Waals surface area contributed by atoms with Crippen molar-refractivity contribution in [1.82, 2.24) is 10.6 Å². The summed E-state index contributed by atoms with van der Waals surface area (Å²) in [6.07, 6.45) is 4.19. The van der Waals surface area contributed by atoms with Crippen molar-refractivity contribution >= 4 is 41.5 Å². The van der Waals surface area contributed by atoms with Crippen molar-refractivity contribution in [2.75, 3.05) is 41.0 Å². The summed E-state index contributed by atoms with van der Waals surface area (Å²) in [6, 6.07) is 5.76. The number of guanidine groups is 1. The first kappa shape index (κ1) is 23.3. The molecule has 1 aromatic carbocycles. The molecule has 0 spiro atoms. The van der Waals surface area contributed by atoms with Crippen LogP contribution in [0.1, 0.15) is 24.8 Å². The zero-order chi connectivity index (χ0) is 16.9. The molecule has 1 aromatic rings. The molecule has 5 nitrogen and oxygen atoms in total. The second-order valence-electron chi connectivity index (χ2n) is 5.19. The lowest BCUT2D eigenvalue weighted by molar-refractivity contribution is 0.192. The Morgan fingerprint density at radius 2 is 1.88 bits per heavy atom. The SMILES string of the molecule is CN=C(NCCCCCOC)NCCc1ccc(OC)cc1Cl.I. The molecule has 0 unspecified atom stereocenters. The number of methoxy groups -OCH3 is 2. The van der Waals surface area contributed by atoms with E-state index in [0.29, 0.717) is 0 Å². The molecule has 24 heavy (non-hydrogen) atoms. The number of rotatable bonds is 10. The van der Waals surface area contributed by atoms with Crippen LogP contribution >= 0.6 is 35.6 Å². The van der Waals surface area contributed by atoms with Crippen LogP contribution in [0.15, 0.2) is 23.2 Å². The molecule has 7 heteroatoms. The fourth-order valence-electron chi connectivity index (χ4n) is 2.15. The Kier molecular flexibility index (Phi) is 14.2. The summed E-state index contributed by atoms with van der Waals surface area (Å²) in [4.78, 5) is 4.22. The predicted molar refractivity (Wildman–Crippen MR) is 112 cm³/mol. The second kappa shape index (κ2) is 14.6. The Morgan fingerprint density at radius 3 is 2.50 bits per heavy atom. The summed E-state index contributed by atoms with van der Waals surface area (Å²) in [5.74, 6) is 1.60. The van der Waals surface area contributed by atoms with Gasteiger partial charge in [-0.15, -0.1) is 24.0 Å². The average molecular weight is 470 g/mol. The van der Waals surface area contributed by atoms with Crippen LogP contribution in [0.4, 0.5) is 0 Å². The first-order chi connectivity index (χ1) is 11.2. The monoisotopic (exact) mass is 469 g/mol. The molecule has 0 aliphatic heterocycles. The van der Waals surface area contributed by atoms with Crippen molar-refractivity contribution in [3.05, 3.63) is 28.8 Å². The molecule has 0 aliphatic carbocycles. The molecule has 0 bridgehead atoms. The van der Waals surface area contributed by atoms with Gasteiger partial charge in [0.1, 0.15) is 5.75 Å². The van der Waals surface area contributed by atoms with E-state index >= 15 is 0 Å². The van der Waals surface area contributed by atoms with Crippen molar-refractivity contribution in [2.24, 2.45) is 4.99 Å². The molecule has 0 amide bonds. The summed E-state index contributed by atoms with van der Waals surface area (Å²) >= 11 is 6.24. The quantitative estimate of drug-likeness (QED) is 0.238. The first-order valence-corrected chi connectivity index (χ1v) is 8.35. The Morgan fingerprint density at radius 1 is 1.12 bits per heavy atom. The van der Waals surface area contributed by atoms with Gasteiger partial charge in [0.05, 0.1) is 7.11 Å². The van der Waals surface area contributed by atoms with Gasteiger partial charge < -0.3 is 20.1 Å². The third-order valence-electron chi connectivity index (χ3n) is 3.49. The number of aliphatic imine (C=N–C) groups is 1. The number of unbranched alkanes of at least 4 members (excludes halogenated alkanes) is 2. The van der Waals surface area contributed by atoms with Gasteiger partial charge in [0, 0.05) is 38.9 Å². The molecule has 2 N–H and O–H groups in total. The van der Waals surface area contributed by atoms with Gasteiger partial charge in [0.25, 0.3) is 0 Å². The topological polar surface area (TPSA) is 54.9 Å². The van der Waals surface area contributed by atoms with Crippen LogP contribution in [0.2, 0.25) is 5.02 Å². The first-order valence-electron chi connectivity index (χ1n) is 7.97. The lowest BCUT2D eigenvalue weighted by Crippen LogP contribution is -2.38. The smallest absolute Gasteiger partial charge is 0.190 e. The fraction of sp³-hybridized carbons (Fsp3) is 0.588. The van der Waals surface area contributed by atoms with Gasteiger partial charge in [-0.05, 0) is 43.4 Å². The summed E-state index contributed by atoms with van der Waals surface area (Å²) in [7, 11) is 5.15. The molecule has 0 saturated heterocycles. The molecule has 0 heterocycles. The van der Waals surface area contributed by atoms with E-state index in [0.717, 1.165) is 67.7 Å². The summed E-state index contributed by atoms with van der Waals surface area (Å²) in [5, 5.41) is 7.34. The van der Waals surface area contributed by atoms with Gasteiger partial charge in [-0.1, -0.05) is 17.7 Å². The zero-order valence-corrected chi connectivity index (χ0v) is 17.8. The van der Waals surface area contributed by atoms with Crippen molar-refractivity contribution < 1.29 is 9.47 Å². The molecule has 0 saturated carbocycles. The second-order valence-corrected chi connectivity index (χ2v) is 5.59. The molecular weight excluding hydrogens is 441 g/mol. The Balaban J connectivity index is 0.00000529. The van der Waals surface area contributed by atoms with Crippen LogP contribution in [0.5, 0.6) is 5.75 Å². The molecule has 0 aromatic heterocycles. The maximum absolute atomic E-state index is 6.24. The van der Waals surface area contributed by atoms with Crippen LogP contribution in [0.3, 0.4) is 0 Å². The number of halogens is 2. The van der Waals surface area contributed by atoms with Crippen molar-refractivity contribution in [3.8, 4) is 5.75 Å². The minimum atomic E-state index is 0. The predicted octanol–water partition coefficient (Wildman–Crippen LogP) is 3.49. The van der Waals surface area contributed by atoms with Gasteiger partial charge in [-0.25, -0.2) is 0 Å². The van der Waals surface area contributed by atoms with E-state index in [9.17, 15) is 0 Å². The maximum Gasteiger partial charge on any atom is 0.190 e. The third-order valence-corrected chi connectivity index (χ3v) is 3.84. The highest BCUT2D eigenvalue weighted by Crippen LogP contribution is 2.22. The van der Waals surface area contributed by atoms with Gasteiger partial charge in [0.2, 0.25) is 0 Å². The summed E-state index contributed by atoms with van der Waals surface area (Å²) in [6.45, 7) is 2.51. The lowest BCUT2D eigenvalue weighted by Gasteiger charge is -2.12. The van der Waals surface area contributed by atoms with Gasteiger partial charge in [-0.2, -0.15) is 0 Å². The molecule has 138 valence electrons. The van der Waals surface area contributed by atoms with E-state index < -0.39 is 0 Å². The van der Waals surface area contributed by atoms with Crippen molar-refractivity contribution in [3.63, 3.8) is 0 Å². The van der Waals surface area contributed by atoms with Crippen molar-refractivity contribution in [2.45, 2.75) is 25.7 Å². The highest BCUT2D eigenvalue weighted by molar-refractivity contribution is 14.0. The highest BCUT2D eigenvalue weighted by Gasteiger charge is 2.03. The van der Waals surface area contributed by atoms with Crippen LogP contribution in [-0.4, -0.2) is 46.9 Å². The van der Waals surface area contributed by atoms with E-state index in [2.05, 4.69) is 15.6 Å². The Labute approximate surface area is 167 Å². The molecule has 0 atom stereocenters. The van der Waals surface area contributed by atoms with E-state index in [4.69, 9.17) is 21.1 Å². The molecule has 0 radical (unpaired) electrons. The number of hydrogen-bond acceptors (Lipinski definition) is 3. The van der Waals surface area contributed by atoms with E-state index in [1.807, 2.05) is 18.2 Å². The number of ether oxygens (including phenoxy) is 2. The van der Waals surface area contributed by atoms with Gasteiger partial charge in [-0.3, -0.25) is 4.99 Å². The number of nitrogens with one attached hydrogen (secondary N) is 2. The standard InChI is InChI=1S/C17H28ClN3O2.HI/c1-19-17(20-10-5-4-6-12-22-2)21-11-9-14-7-8-15(23-3)13-16(14)18;/h7-8,13H,4-6,9-12H2,1-3H3,(H2,19,20,21);1H. The summed E-state index contributed by atoms with van der Waals surface area (Å²) < 4.78 is 10.2. The summed E-state index contributed by atoms with van der Waals surface area (Å²) in [5.41, 5.74) is 1.09. The Hall–Kier alpha value is -0.730. The minimum absolute atomic E-state index is 0. The minimum Gasteiger partial charge on any atom is -0.497 e. The van der Waals surface area contributed by atoms with Crippen LogP contribution in [0, 0.1) is 0 Å². The lowest BCUT2D eigenvalue weighted by atomic mass is 10.1. The van der Waals surface area contributed by atoms with E-state index in [1.54, 1.807) is 21.3 Å². The number of benzene rings is 1. The highest BCUT2D eigenvalue weighted by atomic mass is 127.